The second-order valence-corrected chi connectivity index (χ2v) is 7.20. The number of methoxy groups -OCH3 is 1. The number of hydrogen-bond donors (Lipinski definition) is 0. The van der Waals surface area contributed by atoms with E-state index in [0.717, 1.165) is 22.9 Å². The van der Waals surface area contributed by atoms with Gasteiger partial charge in [0.1, 0.15) is 0 Å². The summed E-state index contributed by atoms with van der Waals surface area (Å²) < 4.78 is 7.58. The Bertz CT molecular complexity index is 1170. The summed E-state index contributed by atoms with van der Waals surface area (Å²) in [6, 6.07) is 7.98. The smallest absolute Gasteiger partial charge is 0.280 e. The van der Waals surface area contributed by atoms with Crippen LogP contribution in [0, 0.1) is 20.2 Å². The lowest BCUT2D eigenvalue weighted by molar-refractivity contribution is -0.394. The first-order valence-corrected chi connectivity index (χ1v) is 9.31. The highest BCUT2D eigenvalue weighted by Crippen LogP contribution is 2.26. The van der Waals surface area contributed by atoms with Crippen LogP contribution in [0.3, 0.4) is 0 Å². The molecule has 150 valence electrons. The van der Waals surface area contributed by atoms with Crippen molar-refractivity contribution < 1.29 is 19.4 Å². The standard InChI is InChI=1S/C17H13ClN4O6S/c1-28-6-5-20-15-13(18)3-2-4-14(15)29-17(20)19-16(23)10-7-11(21(24)25)9-12(8-10)22(26)27/h2-4,7-9H,5-6H2,1H3. The zero-order valence-electron chi connectivity index (χ0n) is 14.9. The molecular weight excluding hydrogens is 424 g/mol. The van der Waals surface area contributed by atoms with Gasteiger partial charge in [-0.05, 0) is 12.1 Å². The van der Waals surface area contributed by atoms with Crippen LogP contribution in [-0.4, -0.2) is 34.0 Å². The predicted molar refractivity (Wildman–Crippen MR) is 106 cm³/mol. The van der Waals surface area contributed by atoms with Gasteiger partial charge in [0.25, 0.3) is 17.3 Å². The third kappa shape index (κ3) is 4.31. The molecule has 0 radical (unpaired) electrons. The van der Waals surface area contributed by atoms with Gasteiger partial charge in [-0.15, -0.1) is 0 Å². The molecule has 29 heavy (non-hydrogen) atoms. The number of nitro groups is 2. The van der Waals surface area contributed by atoms with E-state index >= 15 is 0 Å². The second-order valence-electron chi connectivity index (χ2n) is 5.78. The topological polar surface area (TPSA) is 130 Å². The third-order valence-electron chi connectivity index (χ3n) is 3.94. The number of para-hydroxylation sites is 1. The van der Waals surface area contributed by atoms with Gasteiger partial charge < -0.3 is 9.30 Å². The molecule has 0 atom stereocenters. The molecule has 0 bridgehead atoms. The SMILES string of the molecule is COCCn1c(=NC(=O)c2cc([N+](=O)[O-])cc([N+](=O)[O-])c2)sc2cccc(Cl)c21. The summed E-state index contributed by atoms with van der Waals surface area (Å²) in [6.45, 7) is 0.697. The number of benzene rings is 2. The van der Waals surface area contributed by atoms with Gasteiger partial charge in [-0.1, -0.05) is 29.0 Å². The van der Waals surface area contributed by atoms with E-state index in [1.54, 1.807) is 16.7 Å². The predicted octanol–water partition coefficient (Wildman–Crippen LogP) is 3.56. The number of amides is 1. The van der Waals surface area contributed by atoms with Gasteiger partial charge in [-0.2, -0.15) is 4.99 Å². The molecule has 10 nitrogen and oxygen atoms in total. The van der Waals surface area contributed by atoms with Crippen molar-refractivity contribution >= 4 is 50.4 Å². The van der Waals surface area contributed by atoms with Crippen molar-refractivity contribution in [2.24, 2.45) is 4.99 Å². The molecule has 0 aliphatic heterocycles. The highest BCUT2D eigenvalue weighted by atomic mass is 35.5. The first-order chi connectivity index (χ1) is 13.8. The van der Waals surface area contributed by atoms with E-state index in [1.807, 2.05) is 6.07 Å². The van der Waals surface area contributed by atoms with Gasteiger partial charge in [0.2, 0.25) is 0 Å². The van der Waals surface area contributed by atoms with Crippen molar-refractivity contribution in [3.63, 3.8) is 0 Å². The van der Waals surface area contributed by atoms with Crippen molar-refractivity contribution in [2.45, 2.75) is 6.54 Å². The summed E-state index contributed by atoms with van der Waals surface area (Å²) in [5.74, 6) is -0.842. The number of carbonyl (C=O) groups excluding carboxylic acids is 1. The first kappa shape index (κ1) is 20.6. The maximum Gasteiger partial charge on any atom is 0.280 e. The molecule has 0 fully saturated rings. The number of hydrogen-bond acceptors (Lipinski definition) is 7. The Morgan fingerprint density at radius 1 is 1.21 bits per heavy atom. The van der Waals surface area contributed by atoms with Crippen LogP contribution in [-0.2, 0) is 11.3 Å². The monoisotopic (exact) mass is 436 g/mol. The van der Waals surface area contributed by atoms with Crippen molar-refractivity contribution in [2.75, 3.05) is 13.7 Å². The number of non-ortho nitro benzene ring substituents is 2. The molecule has 0 spiro atoms. The highest BCUT2D eigenvalue weighted by Gasteiger charge is 2.20. The summed E-state index contributed by atoms with van der Waals surface area (Å²) in [7, 11) is 1.53. The number of halogens is 1. The quantitative estimate of drug-likeness (QED) is 0.429. The van der Waals surface area contributed by atoms with Crippen LogP contribution < -0.4 is 4.80 Å². The highest BCUT2D eigenvalue weighted by molar-refractivity contribution is 7.16. The van der Waals surface area contributed by atoms with Crippen molar-refractivity contribution in [3.8, 4) is 0 Å². The van der Waals surface area contributed by atoms with E-state index in [9.17, 15) is 25.0 Å². The Morgan fingerprint density at radius 2 is 1.86 bits per heavy atom. The van der Waals surface area contributed by atoms with Crippen LogP contribution in [0.5, 0.6) is 0 Å². The van der Waals surface area contributed by atoms with Crippen LogP contribution in [0.2, 0.25) is 5.02 Å². The summed E-state index contributed by atoms with van der Waals surface area (Å²) in [6.07, 6.45) is 0. The number of aromatic nitrogens is 1. The minimum Gasteiger partial charge on any atom is -0.383 e. The molecule has 1 heterocycles. The van der Waals surface area contributed by atoms with Crippen molar-refractivity contribution in [1.82, 2.24) is 4.57 Å². The van der Waals surface area contributed by atoms with Crippen LogP contribution in [0.4, 0.5) is 11.4 Å². The molecular formula is C17H13ClN4O6S. The Morgan fingerprint density at radius 3 is 2.45 bits per heavy atom. The molecule has 1 aromatic heterocycles. The molecule has 0 saturated heterocycles. The van der Waals surface area contributed by atoms with E-state index in [4.69, 9.17) is 16.3 Å². The summed E-state index contributed by atoms with van der Waals surface area (Å²) in [4.78, 5) is 37.5. The Balaban J connectivity index is 2.16. The lowest BCUT2D eigenvalue weighted by Crippen LogP contribution is -2.19. The zero-order valence-corrected chi connectivity index (χ0v) is 16.5. The number of nitrogens with zero attached hydrogens (tertiary/aromatic N) is 4. The number of ether oxygens (including phenoxy) is 1. The van der Waals surface area contributed by atoms with Gasteiger partial charge in [0, 0.05) is 25.8 Å². The fourth-order valence-corrected chi connectivity index (χ4v) is 4.06. The fourth-order valence-electron chi connectivity index (χ4n) is 2.64. The molecule has 12 heteroatoms. The van der Waals surface area contributed by atoms with Crippen LogP contribution >= 0.6 is 22.9 Å². The lowest BCUT2D eigenvalue weighted by atomic mass is 10.1. The second kappa shape index (κ2) is 8.47. The lowest BCUT2D eigenvalue weighted by Gasteiger charge is -2.05. The molecule has 2 aromatic carbocycles. The van der Waals surface area contributed by atoms with E-state index < -0.39 is 27.1 Å². The largest absolute Gasteiger partial charge is 0.383 e. The van der Waals surface area contributed by atoms with Crippen LogP contribution in [0.15, 0.2) is 41.4 Å². The molecule has 0 saturated carbocycles. The van der Waals surface area contributed by atoms with Gasteiger partial charge >= 0.3 is 0 Å². The Labute approximate surface area is 171 Å². The maximum absolute atomic E-state index is 12.7. The Hall–Kier alpha value is -3.15. The normalized spacial score (nSPS) is 11.7. The minimum absolute atomic E-state index is 0.257. The molecule has 0 aliphatic rings. The first-order valence-electron chi connectivity index (χ1n) is 8.11. The van der Waals surface area contributed by atoms with Crippen molar-refractivity contribution in [3.05, 3.63) is 72.0 Å². The van der Waals surface area contributed by atoms with Crippen molar-refractivity contribution in [1.29, 1.82) is 0 Å². The number of carbonyl (C=O) groups is 1. The van der Waals surface area contributed by atoms with Gasteiger partial charge in [-0.25, -0.2) is 0 Å². The van der Waals surface area contributed by atoms with Gasteiger partial charge in [0.05, 0.1) is 43.3 Å². The third-order valence-corrected chi connectivity index (χ3v) is 5.29. The van der Waals surface area contributed by atoms with Crippen LogP contribution in [0.1, 0.15) is 10.4 Å². The average molecular weight is 437 g/mol. The molecule has 0 unspecified atom stereocenters. The van der Waals surface area contributed by atoms with Gasteiger partial charge in [0.15, 0.2) is 4.80 Å². The molecule has 0 N–H and O–H groups in total. The van der Waals surface area contributed by atoms with Crippen LogP contribution in [0.25, 0.3) is 10.2 Å². The number of nitro benzene ring substituents is 2. The molecule has 0 aliphatic carbocycles. The summed E-state index contributed by atoms with van der Waals surface area (Å²) >= 11 is 7.49. The van der Waals surface area contributed by atoms with E-state index in [1.165, 1.54) is 18.4 Å². The Kier molecular flexibility index (Phi) is 6.01. The molecule has 1 amide bonds. The van der Waals surface area contributed by atoms with E-state index in [2.05, 4.69) is 4.99 Å². The molecule has 3 rings (SSSR count). The zero-order chi connectivity index (χ0) is 21.1. The number of thiazole rings is 1. The van der Waals surface area contributed by atoms with Gasteiger partial charge in [-0.3, -0.25) is 25.0 Å². The number of rotatable bonds is 6. The minimum atomic E-state index is -0.842. The molecule has 3 aromatic rings. The maximum atomic E-state index is 12.7. The summed E-state index contributed by atoms with van der Waals surface area (Å²) in [5, 5.41) is 22.6. The fraction of sp³-hybridized carbons (Fsp3) is 0.176. The van der Waals surface area contributed by atoms with E-state index in [-0.39, 0.29) is 5.56 Å². The average Bonchev–Trinajstić information content (AvgIpc) is 3.04. The number of fused-ring (bicyclic) bond motifs is 1. The summed E-state index contributed by atoms with van der Waals surface area (Å²) in [5.41, 5.74) is -0.714. The van der Waals surface area contributed by atoms with E-state index in [0.29, 0.717) is 28.5 Å².